The highest BCUT2D eigenvalue weighted by atomic mass is 35.5. The van der Waals surface area contributed by atoms with Crippen molar-refractivity contribution < 1.29 is 24.1 Å². The Morgan fingerprint density at radius 2 is 1.78 bits per heavy atom. The van der Waals surface area contributed by atoms with Crippen molar-refractivity contribution in [2.75, 3.05) is 7.11 Å². The number of methoxy groups -OCH3 is 1. The van der Waals surface area contributed by atoms with Crippen molar-refractivity contribution in [3.05, 3.63) is 98.1 Å². The van der Waals surface area contributed by atoms with E-state index < -0.39 is 23.8 Å². The summed E-state index contributed by atoms with van der Waals surface area (Å²) in [7, 11) is 1.47. The number of hydrogen-bond acceptors (Lipinski definition) is 6. The third-order valence-electron chi connectivity index (χ3n) is 7.37. The number of pyridine rings is 1. The van der Waals surface area contributed by atoms with Crippen molar-refractivity contribution in [3.8, 4) is 11.5 Å². The second kappa shape index (κ2) is 10.1. The monoisotopic (exact) mass is 589 g/mol. The number of esters is 1. The van der Waals surface area contributed by atoms with Crippen molar-refractivity contribution in [1.82, 2.24) is 4.98 Å². The summed E-state index contributed by atoms with van der Waals surface area (Å²) in [4.78, 5) is 30.0. The molecule has 1 aliphatic rings. The molecule has 0 aliphatic carbocycles. The number of nitrogens with one attached hydrogen (secondary N) is 1. The van der Waals surface area contributed by atoms with Gasteiger partial charge in [0.05, 0.1) is 39.1 Å². The fourth-order valence-corrected chi connectivity index (χ4v) is 5.68. The van der Waals surface area contributed by atoms with E-state index in [0.29, 0.717) is 49.1 Å². The SMILES string of the molecule is COc1cc2c(c3[nH]c4cc5ccccc5cc4c(=O)c13)C(O)C(OC(=O)/C=C/c1ccc(Cl)c(Cl)c1)C(C)(C)O2. The minimum absolute atomic E-state index is 0.255. The predicted octanol–water partition coefficient (Wildman–Crippen LogP) is 6.98. The first-order valence-corrected chi connectivity index (χ1v) is 13.6. The maximum absolute atomic E-state index is 13.8. The van der Waals surface area contributed by atoms with E-state index >= 15 is 0 Å². The number of aliphatic hydroxyl groups excluding tert-OH is 1. The van der Waals surface area contributed by atoms with Crippen LogP contribution in [0.2, 0.25) is 10.0 Å². The minimum atomic E-state index is -1.32. The summed E-state index contributed by atoms with van der Waals surface area (Å²) in [6.07, 6.45) is 0.353. The average Bonchev–Trinajstić information content (AvgIpc) is 2.94. The van der Waals surface area contributed by atoms with Gasteiger partial charge in [0.15, 0.2) is 6.10 Å². The van der Waals surface area contributed by atoms with Crippen LogP contribution in [0.5, 0.6) is 11.5 Å². The lowest BCUT2D eigenvalue weighted by Gasteiger charge is -2.42. The van der Waals surface area contributed by atoms with Gasteiger partial charge in [-0.25, -0.2) is 4.79 Å². The molecular formula is C32H25Cl2NO6. The van der Waals surface area contributed by atoms with E-state index in [-0.39, 0.29) is 10.8 Å². The van der Waals surface area contributed by atoms with Gasteiger partial charge in [-0.1, -0.05) is 53.5 Å². The Morgan fingerprint density at radius 3 is 2.49 bits per heavy atom. The Hall–Kier alpha value is -4.04. The van der Waals surface area contributed by atoms with E-state index in [1.165, 1.54) is 19.3 Å². The number of rotatable bonds is 4. The number of halogens is 2. The lowest BCUT2D eigenvalue weighted by atomic mass is 9.86. The summed E-state index contributed by atoms with van der Waals surface area (Å²) in [5.74, 6) is -0.0668. The van der Waals surface area contributed by atoms with Gasteiger partial charge < -0.3 is 24.3 Å². The Kier molecular flexibility index (Phi) is 6.69. The van der Waals surface area contributed by atoms with Crippen LogP contribution in [0, 0.1) is 0 Å². The second-order valence-corrected chi connectivity index (χ2v) is 11.3. The van der Waals surface area contributed by atoms with Crippen molar-refractivity contribution >= 4 is 67.8 Å². The number of fused-ring (bicyclic) bond motifs is 5. The fourth-order valence-electron chi connectivity index (χ4n) is 5.37. The molecule has 2 heterocycles. The zero-order valence-electron chi connectivity index (χ0n) is 22.3. The number of aromatic amines is 1. The standard InChI is InChI=1S/C32H25Cl2NO6/c1-32(2)31(40-25(36)11-9-16-8-10-20(33)21(34)12-16)30(38)27-24(41-32)15-23(39-3)26-28(27)35-22-14-18-7-5-4-6-17(18)13-19(22)29(26)37/h4-15,30-31,38H,1-3H3,(H,35,37)/b11-9+. The first-order valence-electron chi connectivity index (χ1n) is 12.9. The van der Waals surface area contributed by atoms with Crippen LogP contribution < -0.4 is 14.9 Å². The minimum Gasteiger partial charge on any atom is -0.496 e. The molecule has 2 atom stereocenters. The van der Waals surface area contributed by atoms with Gasteiger partial charge in [-0.05, 0) is 60.5 Å². The second-order valence-electron chi connectivity index (χ2n) is 10.5. The Bertz CT molecular complexity index is 1960. The molecule has 0 radical (unpaired) electrons. The van der Waals surface area contributed by atoms with Gasteiger partial charge in [0, 0.05) is 17.5 Å². The van der Waals surface area contributed by atoms with Crippen molar-refractivity contribution in [2.45, 2.75) is 31.7 Å². The summed E-state index contributed by atoms with van der Waals surface area (Å²) >= 11 is 12.0. The molecule has 6 rings (SSSR count). The van der Waals surface area contributed by atoms with Crippen LogP contribution in [-0.4, -0.2) is 34.9 Å². The van der Waals surface area contributed by atoms with Crippen LogP contribution in [0.4, 0.5) is 0 Å². The molecule has 4 aromatic carbocycles. The summed E-state index contributed by atoms with van der Waals surface area (Å²) < 4.78 is 17.6. The molecule has 0 amide bonds. The maximum atomic E-state index is 13.8. The number of benzene rings is 4. The lowest BCUT2D eigenvalue weighted by Crippen LogP contribution is -2.51. The van der Waals surface area contributed by atoms with Crippen LogP contribution in [0.3, 0.4) is 0 Å². The van der Waals surface area contributed by atoms with Gasteiger partial charge in [0.1, 0.15) is 23.2 Å². The highest BCUT2D eigenvalue weighted by Gasteiger charge is 2.47. The predicted molar refractivity (Wildman–Crippen MR) is 161 cm³/mol. The smallest absolute Gasteiger partial charge is 0.331 e. The number of carbonyl (C=O) groups excluding carboxylic acids is 1. The first-order chi connectivity index (χ1) is 19.6. The van der Waals surface area contributed by atoms with Crippen molar-refractivity contribution in [1.29, 1.82) is 0 Å². The van der Waals surface area contributed by atoms with Crippen LogP contribution in [-0.2, 0) is 9.53 Å². The van der Waals surface area contributed by atoms with Gasteiger partial charge in [-0.2, -0.15) is 0 Å². The van der Waals surface area contributed by atoms with Crippen LogP contribution in [0.1, 0.15) is 31.1 Å². The summed E-state index contributed by atoms with van der Waals surface area (Å²) in [5, 5.41) is 15.1. The molecule has 1 aliphatic heterocycles. The Balaban J connectivity index is 1.45. The topological polar surface area (TPSA) is 97.9 Å². The molecule has 9 heteroatoms. The Morgan fingerprint density at radius 1 is 1.05 bits per heavy atom. The number of ether oxygens (including phenoxy) is 3. The van der Waals surface area contributed by atoms with E-state index in [0.717, 1.165) is 10.8 Å². The molecule has 208 valence electrons. The molecule has 7 nitrogen and oxygen atoms in total. The number of aromatic nitrogens is 1. The highest BCUT2D eigenvalue weighted by Crippen LogP contribution is 2.47. The third-order valence-corrected chi connectivity index (χ3v) is 8.11. The lowest BCUT2D eigenvalue weighted by molar-refractivity contribution is -0.171. The number of aliphatic hydroxyl groups is 1. The summed E-state index contributed by atoms with van der Waals surface area (Å²) in [6.45, 7) is 3.43. The molecule has 2 N–H and O–H groups in total. The molecule has 41 heavy (non-hydrogen) atoms. The zero-order valence-corrected chi connectivity index (χ0v) is 23.8. The normalized spacial score (nSPS) is 18.0. The van der Waals surface area contributed by atoms with E-state index in [1.807, 2.05) is 36.4 Å². The van der Waals surface area contributed by atoms with Crippen LogP contribution >= 0.6 is 23.2 Å². The van der Waals surface area contributed by atoms with Gasteiger partial charge in [-0.15, -0.1) is 0 Å². The van der Waals surface area contributed by atoms with Crippen molar-refractivity contribution in [3.63, 3.8) is 0 Å². The van der Waals surface area contributed by atoms with Crippen LogP contribution in [0.15, 0.2) is 71.5 Å². The molecule has 2 unspecified atom stereocenters. The highest BCUT2D eigenvalue weighted by molar-refractivity contribution is 6.42. The van der Waals surface area contributed by atoms with Crippen molar-refractivity contribution in [2.24, 2.45) is 0 Å². The van der Waals surface area contributed by atoms with E-state index in [1.54, 1.807) is 38.1 Å². The van der Waals surface area contributed by atoms with Gasteiger partial charge in [-0.3, -0.25) is 4.79 Å². The first kappa shape index (κ1) is 27.1. The molecule has 0 saturated carbocycles. The van der Waals surface area contributed by atoms with E-state index in [4.69, 9.17) is 37.4 Å². The number of carbonyl (C=O) groups is 1. The molecule has 0 spiro atoms. The Labute approximate surface area is 244 Å². The largest absolute Gasteiger partial charge is 0.496 e. The fraction of sp³-hybridized carbons (Fsp3) is 0.188. The molecule has 5 aromatic rings. The summed E-state index contributed by atoms with van der Waals surface area (Å²) in [6, 6.07) is 18.0. The molecule has 0 saturated heterocycles. The van der Waals surface area contributed by atoms with Gasteiger partial charge >= 0.3 is 5.97 Å². The molecule has 1 aromatic heterocycles. The van der Waals surface area contributed by atoms with Gasteiger partial charge in [0.2, 0.25) is 5.43 Å². The molecule has 0 fully saturated rings. The molecule has 0 bridgehead atoms. The number of H-pyrrole nitrogens is 1. The average molecular weight is 590 g/mol. The van der Waals surface area contributed by atoms with Gasteiger partial charge in [0.25, 0.3) is 0 Å². The number of hydrogen-bond donors (Lipinski definition) is 2. The third kappa shape index (κ3) is 4.70. The quantitative estimate of drug-likeness (QED) is 0.133. The van der Waals surface area contributed by atoms with Crippen LogP contribution in [0.25, 0.3) is 38.7 Å². The molecular weight excluding hydrogens is 565 g/mol. The van der Waals surface area contributed by atoms with E-state index in [2.05, 4.69) is 4.98 Å². The van der Waals surface area contributed by atoms with E-state index in [9.17, 15) is 14.7 Å². The maximum Gasteiger partial charge on any atom is 0.331 e. The zero-order chi connectivity index (χ0) is 29.1. The summed E-state index contributed by atoms with van der Waals surface area (Å²) in [5.41, 5.74) is 0.518.